The van der Waals surface area contributed by atoms with Crippen LogP contribution in [-0.4, -0.2) is 30.5 Å². The van der Waals surface area contributed by atoms with Gasteiger partial charge < -0.3 is 15.6 Å². The third-order valence-electron chi connectivity index (χ3n) is 5.60. The van der Waals surface area contributed by atoms with E-state index in [4.69, 9.17) is 10.5 Å². The Hall–Kier alpha value is -0.120. The molecular formula is C13H23NO2. The van der Waals surface area contributed by atoms with E-state index >= 15 is 0 Å². The molecule has 0 saturated heterocycles. The van der Waals surface area contributed by atoms with Gasteiger partial charge in [0.05, 0.1) is 12.2 Å². The lowest BCUT2D eigenvalue weighted by Gasteiger charge is -2.34. The van der Waals surface area contributed by atoms with E-state index in [-0.39, 0.29) is 17.6 Å². The molecule has 0 aromatic heterocycles. The Morgan fingerprint density at radius 3 is 2.75 bits per heavy atom. The van der Waals surface area contributed by atoms with Gasteiger partial charge >= 0.3 is 0 Å². The number of rotatable bonds is 1. The minimum absolute atomic E-state index is 0.0189. The minimum atomic E-state index is -0.296. The highest BCUT2D eigenvalue weighted by atomic mass is 16.5. The van der Waals surface area contributed by atoms with Crippen molar-refractivity contribution in [1.82, 2.24) is 0 Å². The predicted molar refractivity (Wildman–Crippen MR) is 61.9 cm³/mol. The van der Waals surface area contributed by atoms with Gasteiger partial charge in [0.15, 0.2) is 0 Å². The molecule has 3 aliphatic carbocycles. The molecule has 0 aromatic carbocycles. The molecule has 3 heteroatoms. The third-order valence-corrected chi connectivity index (χ3v) is 5.60. The molecule has 3 unspecified atom stereocenters. The molecule has 3 fully saturated rings. The summed E-state index contributed by atoms with van der Waals surface area (Å²) in [5.74, 6) is 1.46. The number of ether oxygens (including phenoxy) is 1. The van der Waals surface area contributed by atoms with E-state index in [2.05, 4.69) is 0 Å². The molecule has 3 saturated carbocycles. The van der Waals surface area contributed by atoms with Crippen LogP contribution in [0, 0.1) is 17.3 Å². The number of aliphatic hydroxyl groups is 1. The highest BCUT2D eigenvalue weighted by Crippen LogP contribution is 2.60. The van der Waals surface area contributed by atoms with Crippen molar-refractivity contribution in [2.45, 2.75) is 56.8 Å². The predicted octanol–water partition coefficient (Wildman–Crippen LogP) is 1.29. The van der Waals surface area contributed by atoms with Crippen molar-refractivity contribution in [3.05, 3.63) is 0 Å². The molecule has 0 aromatic rings. The molecule has 1 spiro atoms. The van der Waals surface area contributed by atoms with Crippen LogP contribution in [0.3, 0.4) is 0 Å². The zero-order valence-corrected chi connectivity index (χ0v) is 10.1. The van der Waals surface area contributed by atoms with Crippen LogP contribution in [0.2, 0.25) is 0 Å². The van der Waals surface area contributed by atoms with Crippen LogP contribution in [0.15, 0.2) is 0 Å². The molecule has 16 heavy (non-hydrogen) atoms. The Morgan fingerprint density at radius 1 is 1.31 bits per heavy atom. The van der Waals surface area contributed by atoms with Crippen molar-refractivity contribution in [3.63, 3.8) is 0 Å². The average Bonchev–Trinajstić information content (AvgIpc) is 2.73. The first kappa shape index (κ1) is 11.0. The second kappa shape index (κ2) is 3.69. The highest BCUT2D eigenvalue weighted by molar-refractivity contribution is 5.12. The van der Waals surface area contributed by atoms with E-state index in [1.54, 1.807) is 7.11 Å². The van der Waals surface area contributed by atoms with Crippen LogP contribution >= 0.6 is 0 Å². The number of aliphatic hydroxyl groups excluding tert-OH is 1. The van der Waals surface area contributed by atoms with E-state index in [9.17, 15) is 5.11 Å². The molecule has 0 amide bonds. The van der Waals surface area contributed by atoms with Gasteiger partial charge in [-0.1, -0.05) is 6.42 Å². The normalized spacial score (nSPS) is 56.1. The van der Waals surface area contributed by atoms with Gasteiger partial charge in [-0.3, -0.25) is 0 Å². The minimum Gasteiger partial charge on any atom is -0.390 e. The first-order chi connectivity index (χ1) is 7.67. The van der Waals surface area contributed by atoms with Crippen molar-refractivity contribution in [1.29, 1.82) is 0 Å². The zero-order valence-electron chi connectivity index (χ0n) is 10.1. The van der Waals surface area contributed by atoms with Crippen LogP contribution < -0.4 is 5.73 Å². The number of nitrogens with two attached hydrogens (primary N) is 1. The Labute approximate surface area is 97.3 Å². The first-order valence-corrected chi connectivity index (χ1v) is 6.64. The van der Waals surface area contributed by atoms with Gasteiger partial charge in [0.2, 0.25) is 0 Å². The number of hydrogen-bond acceptors (Lipinski definition) is 3. The summed E-state index contributed by atoms with van der Waals surface area (Å²) in [7, 11) is 1.71. The molecule has 0 radical (unpaired) electrons. The first-order valence-electron chi connectivity index (χ1n) is 6.64. The molecule has 0 heterocycles. The molecule has 92 valence electrons. The zero-order chi connectivity index (χ0) is 11.3. The van der Waals surface area contributed by atoms with Crippen molar-refractivity contribution in [2.75, 3.05) is 7.11 Å². The lowest BCUT2D eigenvalue weighted by Crippen LogP contribution is -2.41. The van der Waals surface area contributed by atoms with Crippen molar-refractivity contribution < 1.29 is 9.84 Å². The van der Waals surface area contributed by atoms with Crippen LogP contribution in [0.4, 0.5) is 0 Å². The standard InChI is InChI=1S/C13H23NO2/c1-16-11-7-13(6-10(11)15)9-4-2-3-8(5-9)12(13)14/h8-12,15H,2-7,14H2,1H3/t8?,9?,10-,11?,12+,13-/m0/s1. The maximum absolute atomic E-state index is 10.1. The lowest BCUT2D eigenvalue weighted by molar-refractivity contribution is 0.00939. The van der Waals surface area contributed by atoms with Crippen molar-refractivity contribution in [3.8, 4) is 0 Å². The van der Waals surface area contributed by atoms with Crippen LogP contribution in [-0.2, 0) is 4.74 Å². The average molecular weight is 225 g/mol. The number of methoxy groups -OCH3 is 1. The fraction of sp³-hybridized carbons (Fsp3) is 1.00. The summed E-state index contributed by atoms with van der Waals surface area (Å²) in [6.45, 7) is 0. The van der Waals surface area contributed by atoms with E-state index in [1.165, 1.54) is 25.7 Å². The van der Waals surface area contributed by atoms with E-state index in [0.29, 0.717) is 12.0 Å². The molecule has 3 nitrogen and oxygen atoms in total. The SMILES string of the molecule is COC1C[C@@]2(C[C@@H]1O)C1CCCC(C1)[C@H]2N. The summed E-state index contributed by atoms with van der Waals surface area (Å²) >= 11 is 0. The smallest absolute Gasteiger partial charge is 0.0836 e. The molecule has 3 aliphatic rings. The van der Waals surface area contributed by atoms with Crippen molar-refractivity contribution >= 4 is 0 Å². The van der Waals surface area contributed by atoms with E-state index in [1.807, 2.05) is 0 Å². The van der Waals surface area contributed by atoms with Crippen molar-refractivity contribution in [2.24, 2.45) is 23.0 Å². The number of fused-ring (bicyclic) bond motifs is 3. The van der Waals surface area contributed by atoms with Gasteiger partial charge in [-0.05, 0) is 49.4 Å². The van der Waals surface area contributed by atoms with Crippen LogP contribution in [0.5, 0.6) is 0 Å². The second-order valence-electron chi connectivity index (χ2n) is 6.13. The second-order valence-corrected chi connectivity index (χ2v) is 6.13. The van der Waals surface area contributed by atoms with Gasteiger partial charge in [-0.15, -0.1) is 0 Å². The Bertz CT molecular complexity index is 279. The molecule has 3 N–H and O–H groups in total. The summed E-state index contributed by atoms with van der Waals surface area (Å²) in [4.78, 5) is 0. The Balaban J connectivity index is 1.88. The fourth-order valence-corrected chi connectivity index (χ4v) is 4.78. The Morgan fingerprint density at radius 2 is 2.12 bits per heavy atom. The number of hydrogen-bond donors (Lipinski definition) is 2. The molecule has 0 aliphatic heterocycles. The molecule has 6 atom stereocenters. The summed E-state index contributed by atoms with van der Waals surface area (Å²) < 4.78 is 5.40. The molecular weight excluding hydrogens is 202 g/mol. The quantitative estimate of drug-likeness (QED) is 0.707. The van der Waals surface area contributed by atoms with Gasteiger partial charge in [0, 0.05) is 13.2 Å². The maximum Gasteiger partial charge on any atom is 0.0836 e. The lowest BCUT2D eigenvalue weighted by atomic mass is 9.72. The largest absolute Gasteiger partial charge is 0.390 e. The van der Waals surface area contributed by atoms with E-state index in [0.717, 1.165) is 18.8 Å². The summed E-state index contributed by atoms with van der Waals surface area (Å²) in [5, 5.41) is 10.1. The monoisotopic (exact) mass is 225 g/mol. The van der Waals surface area contributed by atoms with Gasteiger partial charge in [0.25, 0.3) is 0 Å². The summed E-state index contributed by atoms with van der Waals surface area (Å²) in [6.07, 6.45) is 6.81. The topological polar surface area (TPSA) is 55.5 Å². The van der Waals surface area contributed by atoms with Gasteiger partial charge in [-0.2, -0.15) is 0 Å². The maximum atomic E-state index is 10.1. The van der Waals surface area contributed by atoms with E-state index < -0.39 is 0 Å². The third kappa shape index (κ3) is 1.31. The molecule has 2 bridgehead atoms. The summed E-state index contributed by atoms with van der Waals surface area (Å²) in [6, 6.07) is 0.301. The highest BCUT2D eigenvalue weighted by Gasteiger charge is 2.59. The van der Waals surface area contributed by atoms with Crippen LogP contribution in [0.25, 0.3) is 0 Å². The van der Waals surface area contributed by atoms with Gasteiger partial charge in [0.1, 0.15) is 0 Å². The van der Waals surface area contributed by atoms with Gasteiger partial charge in [-0.25, -0.2) is 0 Å². The summed E-state index contributed by atoms with van der Waals surface area (Å²) in [5.41, 5.74) is 6.67. The molecule has 3 rings (SSSR count). The fourth-order valence-electron chi connectivity index (χ4n) is 4.78. The van der Waals surface area contributed by atoms with Crippen LogP contribution in [0.1, 0.15) is 38.5 Å². The Kier molecular flexibility index (Phi) is 2.54.